The maximum atomic E-state index is 12.7. The Hall–Kier alpha value is -2.19. The number of carbonyl (C=O) groups is 1. The number of fused-ring (bicyclic) bond motifs is 1. The first kappa shape index (κ1) is 19.1. The van der Waals surface area contributed by atoms with Gasteiger partial charge in [0.15, 0.2) is 5.13 Å². The normalized spacial score (nSPS) is 11.0. The van der Waals surface area contributed by atoms with E-state index in [0.717, 1.165) is 20.9 Å². The van der Waals surface area contributed by atoms with Crippen molar-refractivity contribution in [3.8, 4) is 0 Å². The van der Waals surface area contributed by atoms with Gasteiger partial charge in [0, 0.05) is 39.6 Å². The Bertz CT molecular complexity index is 1140. The van der Waals surface area contributed by atoms with Crippen LogP contribution in [0.4, 0.5) is 10.8 Å². The summed E-state index contributed by atoms with van der Waals surface area (Å²) >= 11 is 15.3. The smallest absolute Gasteiger partial charge is 0.272 e. The summed E-state index contributed by atoms with van der Waals surface area (Å²) in [6.45, 7) is 0. The van der Waals surface area contributed by atoms with E-state index in [0.29, 0.717) is 21.4 Å². The zero-order valence-corrected chi connectivity index (χ0v) is 17.7. The quantitative estimate of drug-likeness (QED) is 0.351. The van der Waals surface area contributed by atoms with Gasteiger partial charge >= 0.3 is 0 Å². The molecule has 0 aliphatic rings. The molecule has 0 spiro atoms. The van der Waals surface area contributed by atoms with Crippen molar-refractivity contribution in [2.75, 3.05) is 10.0 Å². The number of thiazole rings is 1. The summed E-state index contributed by atoms with van der Waals surface area (Å²) < 4.78 is 4.95. The molecule has 4 aromatic rings. The van der Waals surface area contributed by atoms with E-state index in [1.54, 1.807) is 29.0 Å². The first-order valence-electron chi connectivity index (χ1n) is 8.19. The van der Waals surface area contributed by atoms with Crippen LogP contribution < -0.4 is 10.0 Å². The van der Waals surface area contributed by atoms with Crippen molar-refractivity contribution in [3.63, 3.8) is 0 Å². The highest BCUT2D eigenvalue weighted by Gasteiger charge is 2.16. The summed E-state index contributed by atoms with van der Waals surface area (Å²) in [7, 11) is 1.81. The summed E-state index contributed by atoms with van der Waals surface area (Å²) in [5, 5.41) is 7.51. The van der Waals surface area contributed by atoms with Crippen LogP contribution in [0.5, 0.6) is 0 Å². The molecule has 2 heterocycles. The Morgan fingerprint density at radius 3 is 2.68 bits per heavy atom. The standard InChI is InChI=1S/C19H14Cl2N4OS2/c1-25-16-9-11(20)8-15(21)14(16)10-17(25)18(26)23-12-2-4-13(5-3-12)28-24-19-22-6-7-27-19/h2-10H,1H3,(H,22,24)(H,23,26). The number of amides is 1. The van der Waals surface area contributed by atoms with Crippen molar-refractivity contribution in [1.82, 2.24) is 9.55 Å². The van der Waals surface area contributed by atoms with E-state index in [-0.39, 0.29) is 5.91 Å². The number of hydrogen-bond donors (Lipinski definition) is 2. The fourth-order valence-corrected chi connectivity index (χ4v) is 4.51. The zero-order chi connectivity index (χ0) is 19.7. The van der Waals surface area contributed by atoms with Crippen molar-refractivity contribution in [2.45, 2.75) is 4.90 Å². The maximum Gasteiger partial charge on any atom is 0.272 e. The van der Waals surface area contributed by atoms with Gasteiger partial charge in [0.2, 0.25) is 0 Å². The third-order valence-electron chi connectivity index (χ3n) is 4.11. The molecule has 142 valence electrons. The van der Waals surface area contributed by atoms with Gasteiger partial charge in [0.1, 0.15) is 5.69 Å². The van der Waals surface area contributed by atoms with Gasteiger partial charge in [-0.2, -0.15) is 0 Å². The molecule has 0 radical (unpaired) electrons. The summed E-state index contributed by atoms with van der Waals surface area (Å²) in [5.41, 5.74) is 2.02. The predicted molar refractivity (Wildman–Crippen MR) is 119 cm³/mol. The molecule has 0 bridgehead atoms. The van der Waals surface area contributed by atoms with Gasteiger partial charge in [-0.15, -0.1) is 11.3 Å². The number of aryl methyl sites for hydroxylation is 1. The number of anilines is 2. The Labute approximate surface area is 179 Å². The molecule has 0 atom stereocenters. The SMILES string of the molecule is Cn1c(C(=O)Nc2ccc(SNc3nccs3)cc2)cc2c(Cl)cc(Cl)cc21. The first-order valence-corrected chi connectivity index (χ1v) is 10.6. The summed E-state index contributed by atoms with van der Waals surface area (Å²) in [4.78, 5) is 17.9. The highest BCUT2D eigenvalue weighted by Crippen LogP contribution is 2.30. The number of halogens is 2. The molecule has 4 rings (SSSR count). The van der Waals surface area contributed by atoms with Crippen LogP contribution in [0.2, 0.25) is 10.0 Å². The Kier molecular flexibility index (Phi) is 5.50. The summed E-state index contributed by atoms with van der Waals surface area (Å²) in [6.07, 6.45) is 1.75. The van der Waals surface area contributed by atoms with E-state index in [1.807, 2.05) is 36.7 Å². The van der Waals surface area contributed by atoms with Crippen LogP contribution in [-0.2, 0) is 7.05 Å². The lowest BCUT2D eigenvalue weighted by atomic mass is 10.2. The molecule has 0 unspecified atom stereocenters. The molecule has 2 aromatic heterocycles. The molecule has 0 fully saturated rings. The number of aromatic nitrogens is 2. The van der Waals surface area contributed by atoms with Crippen molar-refractivity contribution >= 4 is 74.1 Å². The molecule has 0 aliphatic heterocycles. The third kappa shape index (κ3) is 3.98. The van der Waals surface area contributed by atoms with Crippen LogP contribution in [0.25, 0.3) is 10.9 Å². The lowest BCUT2D eigenvalue weighted by Crippen LogP contribution is -2.15. The number of benzene rings is 2. The fraction of sp³-hybridized carbons (Fsp3) is 0.0526. The van der Waals surface area contributed by atoms with E-state index in [4.69, 9.17) is 23.2 Å². The Morgan fingerprint density at radius 1 is 1.18 bits per heavy atom. The van der Waals surface area contributed by atoms with Gasteiger partial charge in [0.25, 0.3) is 5.91 Å². The first-order chi connectivity index (χ1) is 13.5. The number of hydrogen-bond acceptors (Lipinski definition) is 5. The maximum absolute atomic E-state index is 12.7. The minimum atomic E-state index is -0.216. The fourth-order valence-electron chi connectivity index (χ4n) is 2.75. The van der Waals surface area contributed by atoms with E-state index in [1.165, 1.54) is 23.3 Å². The minimum absolute atomic E-state index is 0.216. The average Bonchev–Trinajstić information content (AvgIpc) is 3.30. The second kappa shape index (κ2) is 8.05. The van der Waals surface area contributed by atoms with Gasteiger partial charge in [-0.3, -0.25) is 4.79 Å². The zero-order valence-electron chi connectivity index (χ0n) is 14.6. The van der Waals surface area contributed by atoms with Crippen molar-refractivity contribution in [3.05, 3.63) is 69.8 Å². The monoisotopic (exact) mass is 448 g/mol. The van der Waals surface area contributed by atoms with Gasteiger partial charge in [-0.25, -0.2) is 4.98 Å². The van der Waals surface area contributed by atoms with E-state index < -0.39 is 0 Å². The van der Waals surface area contributed by atoms with Crippen LogP contribution in [0, 0.1) is 0 Å². The lowest BCUT2D eigenvalue weighted by molar-refractivity contribution is 0.102. The van der Waals surface area contributed by atoms with Gasteiger partial charge in [-0.1, -0.05) is 23.2 Å². The van der Waals surface area contributed by atoms with Gasteiger partial charge in [0.05, 0.1) is 10.5 Å². The van der Waals surface area contributed by atoms with Gasteiger partial charge in [-0.05, 0) is 54.4 Å². The number of rotatable bonds is 5. The highest BCUT2D eigenvalue weighted by atomic mass is 35.5. The topological polar surface area (TPSA) is 59.0 Å². The Morgan fingerprint density at radius 2 is 1.96 bits per heavy atom. The van der Waals surface area contributed by atoms with E-state index in [9.17, 15) is 4.79 Å². The van der Waals surface area contributed by atoms with Gasteiger partial charge < -0.3 is 14.6 Å². The van der Waals surface area contributed by atoms with Crippen LogP contribution in [-0.4, -0.2) is 15.5 Å². The van der Waals surface area contributed by atoms with Crippen LogP contribution in [0.1, 0.15) is 10.5 Å². The van der Waals surface area contributed by atoms with Crippen LogP contribution in [0.15, 0.2) is 58.9 Å². The molecule has 0 saturated heterocycles. The molecular weight excluding hydrogens is 435 g/mol. The van der Waals surface area contributed by atoms with Crippen LogP contribution >= 0.6 is 46.5 Å². The minimum Gasteiger partial charge on any atom is -0.340 e. The largest absolute Gasteiger partial charge is 0.340 e. The molecule has 28 heavy (non-hydrogen) atoms. The lowest BCUT2D eigenvalue weighted by Gasteiger charge is -2.08. The summed E-state index contributed by atoms with van der Waals surface area (Å²) in [5.74, 6) is -0.216. The van der Waals surface area contributed by atoms with E-state index >= 15 is 0 Å². The number of nitrogens with one attached hydrogen (secondary N) is 2. The average molecular weight is 449 g/mol. The Balaban J connectivity index is 1.48. The molecule has 2 aromatic carbocycles. The third-order valence-corrected chi connectivity index (χ3v) is 6.26. The second-order valence-electron chi connectivity index (χ2n) is 5.93. The van der Waals surface area contributed by atoms with Crippen molar-refractivity contribution in [2.24, 2.45) is 7.05 Å². The van der Waals surface area contributed by atoms with E-state index in [2.05, 4.69) is 15.0 Å². The van der Waals surface area contributed by atoms with Crippen LogP contribution in [0.3, 0.4) is 0 Å². The second-order valence-corrected chi connectivity index (χ2v) is 8.55. The highest BCUT2D eigenvalue weighted by molar-refractivity contribution is 8.00. The molecule has 2 N–H and O–H groups in total. The molecule has 5 nitrogen and oxygen atoms in total. The predicted octanol–water partition coefficient (Wildman–Crippen LogP) is 6.31. The summed E-state index contributed by atoms with van der Waals surface area (Å²) in [6, 6.07) is 12.8. The number of carbonyl (C=O) groups excluding carboxylic acids is 1. The van der Waals surface area contributed by atoms with Crippen molar-refractivity contribution < 1.29 is 4.79 Å². The molecule has 9 heteroatoms. The molecule has 1 amide bonds. The molecule has 0 saturated carbocycles. The number of nitrogens with zero attached hydrogens (tertiary/aromatic N) is 2. The molecular formula is C19H14Cl2N4OS2. The van der Waals surface area contributed by atoms with Crippen molar-refractivity contribution in [1.29, 1.82) is 0 Å². The molecule has 0 aliphatic carbocycles.